The first-order valence-corrected chi connectivity index (χ1v) is 9.45. The Morgan fingerprint density at radius 2 is 1.57 bits per heavy atom. The number of aryl methyl sites for hydroxylation is 5. The van der Waals surface area contributed by atoms with Crippen molar-refractivity contribution in [1.82, 2.24) is 0 Å². The second-order valence-corrected chi connectivity index (χ2v) is 8.34. The highest BCUT2D eigenvalue weighted by atomic mass is 32.2. The lowest BCUT2D eigenvalue weighted by Gasteiger charge is -2.31. The molecule has 0 atom stereocenters. The van der Waals surface area contributed by atoms with Crippen LogP contribution < -0.4 is 4.31 Å². The molecule has 0 saturated heterocycles. The van der Waals surface area contributed by atoms with Crippen molar-refractivity contribution in [1.29, 1.82) is 0 Å². The lowest BCUT2D eigenvalue weighted by atomic mass is 10.0. The second kappa shape index (κ2) is 5.68. The van der Waals surface area contributed by atoms with E-state index < -0.39 is 10.0 Å². The molecule has 0 saturated carbocycles. The smallest absolute Gasteiger partial charge is 0.264 e. The molecule has 122 valence electrons. The average molecular weight is 329 g/mol. The summed E-state index contributed by atoms with van der Waals surface area (Å²) >= 11 is 0. The molecule has 23 heavy (non-hydrogen) atoms. The Hall–Kier alpha value is -1.81. The number of anilines is 1. The Bertz CT molecular complexity index is 846. The van der Waals surface area contributed by atoms with Crippen molar-refractivity contribution >= 4 is 15.7 Å². The van der Waals surface area contributed by atoms with Crippen molar-refractivity contribution in [2.45, 2.75) is 45.4 Å². The summed E-state index contributed by atoms with van der Waals surface area (Å²) in [4.78, 5) is 0.455. The minimum atomic E-state index is -3.53. The Kier molecular flexibility index (Phi) is 3.96. The van der Waals surface area contributed by atoms with Crippen molar-refractivity contribution in [3.05, 3.63) is 58.1 Å². The van der Waals surface area contributed by atoms with Crippen LogP contribution >= 0.6 is 0 Å². The van der Waals surface area contributed by atoms with E-state index in [1.165, 1.54) is 5.56 Å². The maximum absolute atomic E-state index is 13.3. The molecule has 3 rings (SSSR count). The molecule has 0 spiro atoms. The fraction of sp³-hybridized carbons (Fsp3) is 0.368. The summed E-state index contributed by atoms with van der Waals surface area (Å²) in [5.74, 6) is 0. The van der Waals surface area contributed by atoms with E-state index in [1.54, 1.807) is 4.31 Å². The molecule has 0 fully saturated rings. The Morgan fingerprint density at radius 1 is 0.913 bits per heavy atom. The van der Waals surface area contributed by atoms with Crippen LogP contribution in [0, 0.1) is 27.7 Å². The molecule has 0 radical (unpaired) electrons. The molecule has 0 amide bonds. The van der Waals surface area contributed by atoms with Crippen LogP contribution in [0.2, 0.25) is 0 Å². The number of hydrogen-bond acceptors (Lipinski definition) is 2. The summed E-state index contributed by atoms with van der Waals surface area (Å²) in [6.07, 6.45) is 1.80. The van der Waals surface area contributed by atoms with Gasteiger partial charge in [-0.1, -0.05) is 35.4 Å². The molecule has 1 aliphatic heterocycles. The summed E-state index contributed by atoms with van der Waals surface area (Å²) in [5.41, 5.74) is 5.87. The zero-order valence-electron chi connectivity index (χ0n) is 14.2. The SMILES string of the molecule is Cc1cc(C)c(S(=O)(=O)N2CCCc3cc(C)ccc32)c(C)c1. The van der Waals surface area contributed by atoms with Crippen LogP contribution in [0.15, 0.2) is 35.2 Å². The van der Waals surface area contributed by atoms with Crippen LogP contribution in [0.5, 0.6) is 0 Å². The van der Waals surface area contributed by atoms with Gasteiger partial charge in [0.25, 0.3) is 10.0 Å². The van der Waals surface area contributed by atoms with Gasteiger partial charge in [0.05, 0.1) is 10.6 Å². The van der Waals surface area contributed by atoms with Crippen molar-refractivity contribution < 1.29 is 8.42 Å². The van der Waals surface area contributed by atoms with Gasteiger partial charge in [-0.05, 0) is 63.3 Å². The summed E-state index contributed by atoms with van der Waals surface area (Å²) in [5, 5.41) is 0. The molecule has 0 bridgehead atoms. The minimum absolute atomic E-state index is 0.455. The highest BCUT2D eigenvalue weighted by Gasteiger charge is 2.31. The number of nitrogens with zero attached hydrogens (tertiary/aromatic N) is 1. The van der Waals surface area contributed by atoms with E-state index in [-0.39, 0.29) is 0 Å². The van der Waals surface area contributed by atoms with Crippen LogP contribution in [0.1, 0.15) is 34.2 Å². The van der Waals surface area contributed by atoms with E-state index in [0.717, 1.165) is 40.8 Å². The fourth-order valence-electron chi connectivity index (χ4n) is 3.62. The van der Waals surface area contributed by atoms with Crippen molar-refractivity contribution in [2.24, 2.45) is 0 Å². The average Bonchev–Trinajstić information content (AvgIpc) is 2.44. The number of benzene rings is 2. The van der Waals surface area contributed by atoms with Gasteiger partial charge < -0.3 is 0 Å². The highest BCUT2D eigenvalue weighted by Crippen LogP contribution is 2.34. The van der Waals surface area contributed by atoms with Crippen molar-refractivity contribution in [3.63, 3.8) is 0 Å². The lowest BCUT2D eigenvalue weighted by Crippen LogP contribution is -2.36. The molecule has 1 heterocycles. The van der Waals surface area contributed by atoms with Gasteiger partial charge in [0.1, 0.15) is 0 Å². The van der Waals surface area contributed by atoms with Gasteiger partial charge in [-0.25, -0.2) is 8.42 Å². The van der Waals surface area contributed by atoms with Crippen LogP contribution in [-0.4, -0.2) is 15.0 Å². The molecule has 0 aliphatic carbocycles. The molecular formula is C19H23NO2S. The molecule has 1 aliphatic rings. The first-order valence-electron chi connectivity index (χ1n) is 8.01. The predicted octanol–water partition coefficient (Wildman–Crippen LogP) is 4.06. The third kappa shape index (κ3) is 2.76. The van der Waals surface area contributed by atoms with Gasteiger partial charge >= 0.3 is 0 Å². The van der Waals surface area contributed by atoms with Gasteiger partial charge in [0, 0.05) is 6.54 Å². The second-order valence-electron chi connectivity index (χ2n) is 6.54. The fourth-order valence-corrected chi connectivity index (χ4v) is 5.58. The van der Waals surface area contributed by atoms with E-state index in [0.29, 0.717) is 11.4 Å². The van der Waals surface area contributed by atoms with Crippen LogP contribution in [0.4, 0.5) is 5.69 Å². The Labute approximate surface area is 139 Å². The molecule has 0 unspecified atom stereocenters. The molecule has 3 nitrogen and oxygen atoms in total. The van der Waals surface area contributed by atoms with Crippen molar-refractivity contribution in [2.75, 3.05) is 10.8 Å². The topological polar surface area (TPSA) is 37.4 Å². The minimum Gasteiger partial charge on any atom is -0.266 e. The van der Waals surface area contributed by atoms with Gasteiger partial charge in [-0.15, -0.1) is 0 Å². The first kappa shape index (κ1) is 16.1. The van der Waals surface area contributed by atoms with Gasteiger partial charge in [-0.3, -0.25) is 4.31 Å². The van der Waals surface area contributed by atoms with Gasteiger partial charge in [0.15, 0.2) is 0 Å². The maximum Gasteiger partial charge on any atom is 0.264 e. The van der Waals surface area contributed by atoms with Gasteiger partial charge in [0.2, 0.25) is 0 Å². The summed E-state index contributed by atoms with van der Waals surface area (Å²) < 4.78 is 28.2. The van der Waals surface area contributed by atoms with E-state index >= 15 is 0 Å². The van der Waals surface area contributed by atoms with E-state index in [4.69, 9.17) is 0 Å². The maximum atomic E-state index is 13.3. The third-order valence-electron chi connectivity index (χ3n) is 4.46. The predicted molar refractivity (Wildman–Crippen MR) is 94.7 cm³/mol. The molecule has 2 aromatic carbocycles. The summed E-state index contributed by atoms with van der Waals surface area (Å²) in [6, 6.07) is 9.92. The van der Waals surface area contributed by atoms with Crippen LogP contribution in [-0.2, 0) is 16.4 Å². The molecule has 2 aromatic rings. The Balaban J connectivity index is 2.16. The number of hydrogen-bond donors (Lipinski definition) is 0. The zero-order chi connectivity index (χ0) is 16.8. The molecule has 0 N–H and O–H groups in total. The van der Waals surface area contributed by atoms with E-state index in [1.807, 2.05) is 52.0 Å². The lowest BCUT2D eigenvalue weighted by molar-refractivity contribution is 0.585. The number of fused-ring (bicyclic) bond motifs is 1. The Morgan fingerprint density at radius 3 is 2.22 bits per heavy atom. The van der Waals surface area contributed by atoms with Crippen LogP contribution in [0.25, 0.3) is 0 Å². The normalized spacial score (nSPS) is 14.7. The van der Waals surface area contributed by atoms with E-state index in [2.05, 4.69) is 6.07 Å². The summed E-state index contributed by atoms with van der Waals surface area (Å²) in [7, 11) is -3.53. The zero-order valence-corrected chi connectivity index (χ0v) is 15.0. The number of rotatable bonds is 2. The number of sulfonamides is 1. The summed E-state index contributed by atoms with van der Waals surface area (Å²) in [6.45, 7) is 8.35. The quantitative estimate of drug-likeness (QED) is 0.833. The standard InChI is InChI=1S/C19H23NO2S/c1-13-7-8-18-17(12-13)6-5-9-20(18)23(21,22)19-15(3)10-14(2)11-16(19)4/h7-8,10-12H,5-6,9H2,1-4H3. The molecular weight excluding hydrogens is 306 g/mol. The highest BCUT2D eigenvalue weighted by molar-refractivity contribution is 7.93. The molecule has 0 aromatic heterocycles. The largest absolute Gasteiger partial charge is 0.266 e. The monoisotopic (exact) mass is 329 g/mol. The molecule has 4 heteroatoms. The first-order chi connectivity index (χ1) is 10.8. The third-order valence-corrected chi connectivity index (χ3v) is 6.58. The van der Waals surface area contributed by atoms with Crippen molar-refractivity contribution in [3.8, 4) is 0 Å². The van der Waals surface area contributed by atoms with E-state index in [9.17, 15) is 8.42 Å². The van der Waals surface area contributed by atoms with Gasteiger partial charge in [-0.2, -0.15) is 0 Å². The van der Waals surface area contributed by atoms with Crippen LogP contribution in [0.3, 0.4) is 0 Å².